The van der Waals surface area contributed by atoms with E-state index in [1.165, 1.54) is 6.26 Å². The highest BCUT2D eigenvalue weighted by molar-refractivity contribution is 7.90. The summed E-state index contributed by atoms with van der Waals surface area (Å²) in [5.74, 6) is 0. The molecule has 112 valence electrons. The molecule has 0 amide bonds. The molecule has 0 saturated carbocycles. The van der Waals surface area contributed by atoms with Crippen LogP contribution in [0.3, 0.4) is 0 Å². The second kappa shape index (κ2) is 6.00. The Morgan fingerprint density at radius 3 is 2.19 bits per heavy atom. The van der Waals surface area contributed by atoms with Crippen molar-refractivity contribution in [2.45, 2.75) is 31.3 Å². The molecular formula is C17H20O3S. The molecule has 3 nitrogen and oxygen atoms in total. The van der Waals surface area contributed by atoms with Gasteiger partial charge >= 0.3 is 0 Å². The van der Waals surface area contributed by atoms with Gasteiger partial charge in [-0.2, -0.15) is 0 Å². The number of aliphatic hydroxyl groups is 1. The Bertz CT molecular complexity index is 728. The van der Waals surface area contributed by atoms with E-state index in [0.717, 1.165) is 16.7 Å². The molecule has 0 spiro atoms. The summed E-state index contributed by atoms with van der Waals surface area (Å²) in [6.07, 6.45) is 0.932. The van der Waals surface area contributed by atoms with Gasteiger partial charge in [0.2, 0.25) is 0 Å². The Kier molecular flexibility index (Phi) is 4.49. The molecule has 0 bridgehead atoms. The maximum absolute atomic E-state index is 11.6. The van der Waals surface area contributed by atoms with Crippen LogP contribution >= 0.6 is 0 Å². The highest BCUT2D eigenvalue weighted by Gasteiger charge is 2.14. The van der Waals surface area contributed by atoms with E-state index in [4.69, 9.17) is 0 Å². The van der Waals surface area contributed by atoms with E-state index in [9.17, 15) is 13.5 Å². The van der Waals surface area contributed by atoms with E-state index in [2.05, 4.69) is 0 Å². The number of rotatable bonds is 4. The van der Waals surface area contributed by atoms with Crippen LogP contribution in [0.4, 0.5) is 0 Å². The van der Waals surface area contributed by atoms with Crippen LogP contribution in [-0.4, -0.2) is 19.8 Å². The van der Waals surface area contributed by atoms with E-state index in [1.54, 1.807) is 24.3 Å². The fourth-order valence-electron chi connectivity index (χ4n) is 2.43. The molecule has 0 aliphatic heterocycles. The average Bonchev–Trinajstić information content (AvgIpc) is 2.42. The van der Waals surface area contributed by atoms with E-state index in [1.807, 2.05) is 32.0 Å². The summed E-state index contributed by atoms with van der Waals surface area (Å²) in [5, 5.41) is 10.4. The van der Waals surface area contributed by atoms with Gasteiger partial charge in [-0.05, 0) is 48.2 Å². The zero-order valence-electron chi connectivity index (χ0n) is 12.5. The van der Waals surface area contributed by atoms with Crippen LogP contribution in [-0.2, 0) is 16.3 Å². The van der Waals surface area contributed by atoms with Gasteiger partial charge in [0.15, 0.2) is 9.84 Å². The zero-order valence-corrected chi connectivity index (χ0v) is 13.3. The fraction of sp³-hybridized carbons (Fsp3) is 0.294. The van der Waals surface area contributed by atoms with Crippen LogP contribution in [0, 0.1) is 13.8 Å². The summed E-state index contributed by atoms with van der Waals surface area (Å²) in [5.41, 5.74) is 4.00. The van der Waals surface area contributed by atoms with Crippen molar-refractivity contribution in [1.82, 2.24) is 0 Å². The largest absolute Gasteiger partial charge is 0.388 e. The molecule has 0 saturated heterocycles. The van der Waals surface area contributed by atoms with Crippen molar-refractivity contribution < 1.29 is 13.5 Å². The summed E-state index contributed by atoms with van der Waals surface area (Å²) >= 11 is 0. The van der Waals surface area contributed by atoms with Gasteiger partial charge in [-0.25, -0.2) is 8.42 Å². The monoisotopic (exact) mass is 304 g/mol. The van der Waals surface area contributed by atoms with Crippen LogP contribution in [0.1, 0.15) is 28.4 Å². The van der Waals surface area contributed by atoms with Gasteiger partial charge in [0.05, 0.1) is 11.0 Å². The minimum Gasteiger partial charge on any atom is -0.388 e. The van der Waals surface area contributed by atoms with Crippen LogP contribution in [0.15, 0.2) is 47.4 Å². The lowest BCUT2D eigenvalue weighted by Crippen LogP contribution is -2.06. The number of aryl methyl sites for hydroxylation is 2. The molecule has 1 unspecified atom stereocenters. The Balaban J connectivity index is 2.31. The van der Waals surface area contributed by atoms with E-state index in [0.29, 0.717) is 12.0 Å². The van der Waals surface area contributed by atoms with Gasteiger partial charge in [0.1, 0.15) is 0 Å². The van der Waals surface area contributed by atoms with Crippen molar-refractivity contribution in [3.8, 4) is 0 Å². The van der Waals surface area contributed by atoms with Gasteiger partial charge in [-0.1, -0.05) is 30.3 Å². The van der Waals surface area contributed by atoms with E-state index < -0.39 is 15.9 Å². The van der Waals surface area contributed by atoms with Crippen LogP contribution in [0.5, 0.6) is 0 Å². The van der Waals surface area contributed by atoms with Crippen molar-refractivity contribution in [3.63, 3.8) is 0 Å². The highest BCUT2D eigenvalue weighted by atomic mass is 32.2. The van der Waals surface area contributed by atoms with Gasteiger partial charge in [-0.15, -0.1) is 0 Å². The van der Waals surface area contributed by atoms with E-state index in [-0.39, 0.29) is 4.90 Å². The maximum Gasteiger partial charge on any atom is 0.175 e. The molecule has 0 radical (unpaired) electrons. The number of sulfone groups is 1. The molecule has 0 aliphatic carbocycles. The molecule has 2 aromatic carbocycles. The molecular weight excluding hydrogens is 284 g/mol. The third kappa shape index (κ3) is 3.71. The second-order valence-electron chi connectivity index (χ2n) is 5.43. The second-order valence-corrected chi connectivity index (χ2v) is 7.45. The standard InChI is InChI=1S/C17H20O3S/c1-12-6-4-7-13(2)16(12)11-17(18)14-8-5-9-15(10-14)21(3,19)20/h4-10,17-18H,11H2,1-3H3. The lowest BCUT2D eigenvalue weighted by Gasteiger charge is -2.15. The number of hydrogen-bond acceptors (Lipinski definition) is 3. The lowest BCUT2D eigenvalue weighted by molar-refractivity contribution is 0.178. The summed E-state index contributed by atoms with van der Waals surface area (Å²) in [6, 6.07) is 12.5. The molecule has 0 aromatic heterocycles. The molecule has 1 atom stereocenters. The number of benzene rings is 2. The molecule has 0 heterocycles. The minimum atomic E-state index is -3.26. The zero-order chi connectivity index (χ0) is 15.6. The van der Waals surface area contributed by atoms with Gasteiger partial charge in [0.25, 0.3) is 0 Å². The SMILES string of the molecule is Cc1cccc(C)c1CC(O)c1cccc(S(C)(=O)=O)c1. The smallest absolute Gasteiger partial charge is 0.175 e. The first-order valence-corrected chi connectivity index (χ1v) is 8.71. The first-order valence-electron chi connectivity index (χ1n) is 6.82. The van der Waals surface area contributed by atoms with Crippen LogP contribution in [0.25, 0.3) is 0 Å². The summed E-state index contributed by atoms with van der Waals surface area (Å²) in [6.45, 7) is 4.03. The topological polar surface area (TPSA) is 54.4 Å². The molecule has 21 heavy (non-hydrogen) atoms. The lowest BCUT2D eigenvalue weighted by atomic mass is 9.95. The normalized spacial score (nSPS) is 13.1. The third-order valence-corrected chi connectivity index (χ3v) is 4.82. The van der Waals surface area contributed by atoms with Gasteiger partial charge in [-0.3, -0.25) is 0 Å². The summed E-state index contributed by atoms with van der Waals surface area (Å²) < 4.78 is 23.2. The van der Waals surface area contributed by atoms with Crippen molar-refractivity contribution in [2.24, 2.45) is 0 Å². The summed E-state index contributed by atoms with van der Waals surface area (Å²) in [7, 11) is -3.26. The molecule has 2 aromatic rings. The maximum atomic E-state index is 11.6. The predicted molar refractivity (Wildman–Crippen MR) is 84.1 cm³/mol. The quantitative estimate of drug-likeness (QED) is 0.944. The Morgan fingerprint density at radius 2 is 1.62 bits per heavy atom. The first-order chi connectivity index (χ1) is 9.79. The van der Waals surface area contributed by atoms with Crippen LogP contribution < -0.4 is 0 Å². The molecule has 1 N–H and O–H groups in total. The van der Waals surface area contributed by atoms with Crippen molar-refractivity contribution in [2.75, 3.05) is 6.26 Å². The molecule has 4 heteroatoms. The molecule has 0 fully saturated rings. The Morgan fingerprint density at radius 1 is 1.05 bits per heavy atom. The molecule has 2 rings (SSSR count). The van der Waals surface area contributed by atoms with Crippen molar-refractivity contribution >= 4 is 9.84 Å². The number of aliphatic hydroxyl groups excluding tert-OH is 1. The van der Waals surface area contributed by atoms with E-state index >= 15 is 0 Å². The predicted octanol–water partition coefficient (Wildman–Crippen LogP) is 2.98. The van der Waals surface area contributed by atoms with Crippen molar-refractivity contribution in [1.29, 1.82) is 0 Å². The van der Waals surface area contributed by atoms with Crippen molar-refractivity contribution in [3.05, 3.63) is 64.7 Å². The molecule has 0 aliphatic rings. The minimum absolute atomic E-state index is 0.237. The highest BCUT2D eigenvalue weighted by Crippen LogP contribution is 2.24. The van der Waals surface area contributed by atoms with Gasteiger partial charge in [0, 0.05) is 12.7 Å². The average molecular weight is 304 g/mol. The Hall–Kier alpha value is -1.65. The van der Waals surface area contributed by atoms with Crippen LogP contribution in [0.2, 0.25) is 0 Å². The fourth-order valence-corrected chi connectivity index (χ4v) is 3.11. The first kappa shape index (κ1) is 15.7. The van der Waals surface area contributed by atoms with Gasteiger partial charge < -0.3 is 5.11 Å². The Labute approximate surface area is 126 Å². The summed E-state index contributed by atoms with van der Waals surface area (Å²) in [4.78, 5) is 0.237. The third-order valence-electron chi connectivity index (χ3n) is 3.71. The number of hydrogen-bond donors (Lipinski definition) is 1.